The van der Waals surface area contributed by atoms with Gasteiger partial charge in [-0.2, -0.15) is 0 Å². The topological polar surface area (TPSA) is 55.8 Å². The Bertz CT molecular complexity index is 791. The van der Waals surface area contributed by atoms with E-state index in [9.17, 15) is 9.59 Å². The average Bonchev–Trinajstić information content (AvgIpc) is 2.93. The van der Waals surface area contributed by atoms with E-state index in [1.165, 1.54) is 0 Å². The van der Waals surface area contributed by atoms with Gasteiger partial charge in [0.15, 0.2) is 0 Å². The number of anilines is 1. The first-order valence-corrected chi connectivity index (χ1v) is 10.3. The Morgan fingerprint density at radius 1 is 0.964 bits per heavy atom. The van der Waals surface area contributed by atoms with Crippen molar-refractivity contribution in [1.82, 2.24) is 0 Å². The monoisotopic (exact) mass is 385 g/mol. The lowest BCUT2D eigenvalue weighted by Gasteiger charge is -2.35. The molecular weight excluding hydrogens is 353 g/mol. The number of hydrogen-bond acceptors (Lipinski definition) is 4. The lowest BCUT2D eigenvalue weighted by atomic mass is 9.76. The van der Waals surface area contributed by atoms with E-state index >= 15 is 0 Å². The van der Waals surface area contributed by atoms with Crippen LogP contribution in [0, 0.1) is 0 Å². The summed E-state index contributed by atoms with van der Waals surface area (Å²) in [6, 6.07) is 5.98. The Balaban J connectivity index is 0.00000109. The van der Waals surface area contributed by atoms with Crippen molar-refractivity contribution in [2.24, 2.45) is 0 Å². The largest absolute Gasteiger partial charge is 0.494 e. The van der Waals surface area contributed by atoms with Gasteiger partial charge in [0.25, 0.3) is 0 Å². The first-order chi connectivity index (χ1) is 12.9. The summed E-state index contributed by atoms with van der Waals surface area (Å²) in [6.07, 6.45) is 0.893. The number of nitrogens with zero attached hydrogens (tertiary/aromatic N) is 1. The maximum atomic E-state index is 13.0. The van der Waals surface area contributed by atoms with E-state index in [4.69, 9.17) is 9.31 Å². The van der Waals surface area contributed by atoms with Crippen LogP contribution in [-0.2, 0) is 24.3 Å². The second kappa shape index (κ2) is 6.70. The highest BCUT2D eigenvalue weighted by Gasteiger charge is 2.53. The molecule has 0 radical (unpaired) electrons. The van der Waals surface area contributed by atoms with Crippen LogP contribution in [0.25, 0.3) is 0 Å². The van der Waals surface area contributed by atoms with E-state index < -0.39 is 23.7 Å². The molecule has 0 N–H and O–H groups in total. The Labute approximate surface area is 168 Å². The Kier molecular flexibility index (Phi) is 5.04. The number of rotatable bonds is 2. The summed E-state index contributed by atoms with van der Waals surface area (Å²) in [7, 11) is -0.464. The minimum atomic E-state index is -0.581. The fourth-order valence-corrected chi connectivity index (χ4v) is 3.94. The lowest BCUT2D eigenvalue weighted by Crippen LogP contribution is -2.49. The molecule has 6 heteroatoms. The lowest BCUT2D eigenvalue weighted by molar-refractivity contribution is -0.127. The summed E-state index contributed by atoms with van der Waals surface area (Å²) in [5, 5.41) is 0. The van der Waals surface area contributed by atoms with E-state index in [0.29, 0.717) is 12.8 Å². The van der Waals surface area contributed by atoms with Gasteiger partial charge in [-0.05, 0) is 58.6 Å². The van der Waals surface area contributed by atoms with Gasteiger partial charge in [0.05, 0.1) is 22.7 Å². The second-order valence-electron chi connectivity index (χ2n) is 9.27. The standard InChI is InChI=1S/C20H26BNO4.C2H6/c1-18(2)15-8-7-12(21-25-19(3,4)20(5,6)26-21)9-16(15)22(17(18)24)13-10-14(23)11-13;1-2/h7-9,13H,10-11H2,1-6H3;1-2H3. The van der Waals surface area contributed by atoms with Gasteiger partial charge in [-0.3, -0.25) is 9.59 Å². The van der Waals surface area contributed by atoms with Crippen LogP contribution in [-0.4, -0.2) is 36.1 Å². The van der Waals surface area contributed by atoms with Gasteiger partial charge in [-0.25, -0.2) is 0 Å². The zero-order valence-electron chi connectivity index (χ0n) is 18.4. The molecule has 1 amide bonds. The van der Waals surface area contributed by atoms with Crippen LogP contribution in [0.4, 0.5) is 5.69 Å². The van der Waals surface area contributed by atoms with E-state index in [-0.39, 0.29) is 17.7 Å². The Hall–Kier alpha value is -1.66. The molecule has 4 rings (SSSR count). The molecule has 2 fully saturated rings. The molecule has 152 valence electrons. The predicted molar refractivity (Wildman–Crippen MR) is 112 cm³/mol. The molecule has 1 aromatic rings. The average molecular weight is 385 g/mol. The molecule has 0 aromatic heterocycles. The normalized spacial score (nSPS) is 24.6. The number of carbonyl (C=O) groups is 2. The van der Waals surface area contributed by atoms with Gasteiger partial charge in [-0.1, -0.05) is 26.0 Å². The van der Waals surface area contributed by atoms with Crippen LogP contribution in [0.1, 0.15) is 73.8 Å². The van der Waals surface area contributed by atoms with Crippen molar-refractivity contribution in [2.45, 2.75) is 90.9 Å². The van der Waals surface area contributed by atoms with Crippen molar-refractivity contribution >= 4 is 30.0 Å². The SMILES string of the molecule is CC.CC1(C)C(=O)N(C2CC(=O)C2)c2cc(B3OC(C)(C)C(C)(C)O3)ccc21. The summed E-state index contributed by atoms with van der Waals surface area (Å²) in [4.78, 5) is 26.3. The van der Waals surface area contributed by atoms with Gasteiger partial charge in [0.2, 0.25) is 5.91 Å². The summed E-state index contributed by atoms with van der Waals surface area (Å²) in [5.74, 6) is 0.284. The van der Waals surface area contributed by atoms with Crippen molar-refractivity contribution in [1.29, 1.82) is 0 Å². The highest BCUT2D eigenvalue weighted by Crippen LogP contribution is 2.45. The van der Waals surface area contributed by atoms with Crippen LogP contribution in [0.5, 0.6) is 0 Å². The number of ketones is 1. The molecule has 1 saturated carbocycles. The molecule has 0 spiro atoms. The van der Waals surface area contributed by atoms with Gasteiger partial charge >= 0.3 is 7.12 Å². The zero-order valence-corrected chi connectivity index (χ0v) is 18.4. The number of Topliss-reactive ketones (excluding diaryl/α,β-unsaturated/α-hetero) is 1. The van der Waals surface area contributed by atoms with E-state index in [2.05, 4.69) is 0 Å². The highest BCUT2D eigenvalue weighted by atomic mass is 16.7. The molecular formula is C22H32BNO4. The molecule has 2 aliphatic heterocycles. The van der Waals surface area contributed by atoms with Crippen LogP contribution in [0.15, 0.2) is 18.2 Å². The number of benzene rings is 1. The minimum Gasteiger partial charge on any atom is -0.399 e. The first kappa shape index (κ1) is 21.1. The van der Waals surface area contributed by atoms with Crippen LogP contribution < -0.4 is 10.4 Å². The van der Waals surface area contributed by atoms with Gasteiger partial charge in [-0.15, -0.1) is 0 Å². The van der Waals surface area contributed by atoms with Gasteiger partial charge in [0.1, 0.15) is 5.78 Å². The number of amides is 1. The quantitative estimate of drug-likeness (QED) is 0.733. The smallest absolute Gasteiger partial charge is 0.399 e. The second-order valence-corrected chi connectivity index (χ2v) is 9.27. The predicted octanol–water partition coefficient (Wildman–Crippen LogP) is 3.37. The fourth-order valence-electron chi connectivity index (χ4n) is 3.94. The van der Waals surface area contributed by atoms with Crippen LogP contribution in [0.3, 0.4) is 0 Å². The van der Waals surface area contributed by atoms with Crippen molar-refractivity contribution in [3.8, 4) is 0 Å². The molecule has 1 aliphatic carbocycles. The molecule has 1 saturated heterocycles. The van der Waals surface area contributed by atoms with E-state index in [0.717, 1.165) is 16.7 Å². The number of carbonyl (C=O) groups excluding carboxylic acids is 2. The van der Waals surface area contributed by atoms with Crippen molar-refractivity contribution in [2.75, 3.05) is 4.90 Å². The summed E-state index contributed by atoms with van der Waals surface area (Å²) < 4.78 is 12.3. The molecule has 5 nitrogen and oxygen atoms in total. The molecule has 0 unspecified atom stereocenters. The summed E-state index contributed by atoms with van der Waals surface area (Å²) in [5.41, 5.74) is 1.40. The fraction of sp³-hybridized carbons (Fsp3) is 0.636. The maximum absolute atomic E-state index is 13.0. The first-order valence-electron chi connectivity index (χ1n) is 10.3. The van der Waals surface area contributed by atoms with Crippen molar-refractivity contribution in [3.63, 3.8) is 0 Å². The third-order valence-corrected chi connectivity index (χ3v) is 6.53. The van der Waals surface area contributed by atoms with E-state index in [1.54, 1.807) is 0 Å². The molecule has 3 aliphatic rings. The van der Waals surface area contributed by atoms with Gasteiger partial charge < -0.3 is 14.2 Å². The third kappa shape index (κ3) is 3.01. The van der Waals surface area contributed by atoms with E-state index in [1.807, 2.05) is 78.5 Å². The highest BCUT2D eigenvalue weighted by molar-refractivity contribution is 6.62. The molecule has 0 atom stereocenters. The Morgan fingerprint density at radius 2 is 1.50 bits per heavy atom. The Morgan fingerprint density at radius 3 is 2.00 bits per heavy atom. The van der Waals surface area contributed by atoms with Crippen molar-refractivity contribution < 1.29 is 18.9 Å². The molecule has 0 bridgehead atoms. The number of fused-ring (bicyclic) bond motifs is 1. The molecule has 1 aromatic carbocycles. The van der Waals surface area contributed by atoms with Crippen molar-refractivity contribution in [3.05, 3.63) is 23.8 Å². The molecule has 28 heavy (non-hydrogen) atoms. The van der Waals surface area contributed by atoms with Gasteiger partial charge in [0, 0.05) is 18.5 Å². The maximum Gasteiger partial charge on any atom is 0.494 e. The third-order valence-electron chi connectivity index (χ3n) is 6.53. The van der Waals surface area contributed by atoms with Crippen LogP contribution in [0.2, 0.25) is 0 Å². The molecule has 2 heterocycles. The summed E-state index contributed by atoms with van der Waals surface area (Å²) >= 11 is 0. The zero-order chi connectivity index (χ0) is 21.1. The summed E-state index contributed by atoms with van der Waals surface area (Å²) in [6.45, 7) is 16.0. The minimum absolute atomic E-state index is 0.0240. The number of hydrogen-bond donors (Lipinski definition) is 0. The van der Waals surface area contributed by atoms with Crippen LogP contribution >= 0.6 is 0 Å².